The fourth-order valence-electron chi connectivity index (χ4n) is 1.36. The molecule has 0 spiro atoms. The summed E-state index contributed by atoms with van der Waals surface area (Å²) in [5, 5.41) is 0. The molecule has 68 valence electrons. The van der Waals surface area contributed by atoms with E-state index in [1.165, 1.54) is 0 Å². The van der Waals surface area contributed by atoms with Crippen molar-refractivity contribution in [2.45, 2.75) is 6.92 Å². The highest BCUT2D eigenvalue weighted by molar-refractivity contribution is 5.88. The topological polar surface area (TPSA) is 63.9 Å². The molecule has 0 radical (unpaired) electrons. The zero-order chi connectivity index (χ0) is 9.42. The summed E-state index contributed by atoms with van der Waals surface area (Å²) in [6.45, 7) is 1.89. The van der Waals surface area contributed by atoms with Crippen LogP contribution in [0.2, 0.25) is 0 Å². The molecule has 2 aromatic rings. The van der Waals surface area contributed by atoms with Crippen molar-refractivity contribution in [3.8, 4) is 5.75 Å². The van der Waals surface area contributed by atoms with Gasteiger partial charge in [-0.3, -0.25) is 0 Å². The SMILES string of the molecule is COc1cc(N)c2nc(C)[nH]c2c1. The number of hydrogen-bond acceptors (Lipinski definition) is 3. The van der Waals surface area contributed by atoms with Gasteiger partial charge in [-0.2, -0.15) is 0 Å². The maximum atomic E-state index is 5.78. The van der Waals surface area contributed by atoms with Crippen LogP contribution in [0, 0.1) is 6.92 Å². The van der Waals surface area contributed by atoms with E-state index in [4.69, 9.17) is 10.5 Å². The lowest BCUT2D eigenvalue weighted by molar-refractivity contribution is 0.415. The molecule has 1 aromatic carbocycles. The summed E-state index contributed by atoms with van der Waals surface area (Å²) in [5.74, 6) is 1.60. The van der Waals surface area contributed by atoms with Crippen LogP contribution >= 0.6 is 0 Å². The highest BCUT2D eigenvalue weighted by Gasteiger charge is 2.05. The summed E-state index contributed by atoms with van der Waals surface area (Å²) in [6.07, 6.45) is 0. The molecule has 0 unspecified atom stereocenters. The van der Waals surface area contributed by atoms with Crippen LogP contribution in [0.1, 0.15) is 5.82 Å². The standard InChI is InChI=1S/C9H11N3O/c1-5-11-8-4-6(13-2)3-7(10)9(8)12-5/h3-4H,10H2,1-2H3,(H,11,12). The number of nitrogens with zero attached hydrogens (tertiary/aromatic N) is 1. The number of aromatic nitrogens is 2. The second-order valence-corrected chi connectivity index (χ2v) is 2.94. The zero-order valence-corrected chi connectivity index (χ0v) is 7.59. The number of imidazole rings is 1. The highest BCUT2D eigenvalue weighted by Crippen LogP contribution is 2.24. The van der Waals surface area contributed by atoms with Crippen LogP contribution in [0.3, 0.4) is 0 Å². The first-order valence-electron chi connectivity index (χ1n) is 4.00. The number of H-pyrrole nitrogens is 1. The maximum absolute atomic E-state index is 5.78. The molecule has 3 N–H and O–H groups in total. The molecule has 0 amide bonds. The van der Waals surface area contributed by atoms with Crippen molar-refractivity contribution < 1.29 is 4.74 Å². The maximum Gasteiger partial charge on any atom is 0.123 e. The number of rotatable bonds is 1. The van der Waals surface area contributed by atoms with Crippen molar-refractivity contribution in [1.82, 2.24) is 9.97 Å². The first-order valence-corrected chi connectivity index (χ1v) is 4.00. The Labute approximate surface area is 75.7 Å². The molecule has 0 atom stereocenters. The van der Waals surface area contributed by atoms with E-state index < -0.39 is 0 Å². The van der Waals surface area contributed by atoms with E-state index in [1.807, 2.05) is 13.0 Å². The normalized spacial score (nSPS) is 10.6. The Morgan fingerprint density at radius 1 is 1.46 bits per heavy atom. The minimum Gasteiger partial charge on any atom is -0.497 e. The Bertz CT molecular complexity index is 447. The van der Waals surface area contributed by atoms with E-state index in [0.717, 1.165) is 22.6 Å². The second kappa shape index (κ2) is 2.65. The number of nitrogens with two attached hydrogens (primary N) is 1. The monoisotopic (exact) mass is 177 g/mol. The van der Waals surface area contributed by atoms with Gasteiger partial charge in [0.25, 0.3) is 0 Å². The Morgan fingerprint density at radius 2 is 2.23 bits per heavy atom. The summed E-state index contributed by atoms with van der Waals surface area (Å²) < 4.78 is 5.08. The number of anilines is 1. The largest absolute Gasteiger partial charge is 0.497 e. The molecule has 4 nitrogen and oxygen atoms in total. The summed E-state index contributed by atoms with van der Waals surface area (Å²) in [4.78, 5) is 7.35. The zero-order valence-electron chi connectivity index (χ0n) is 7.59. The predicted octanol–water partition coefficient (Wildman–Crippen LogP) is 1.46. The molecule has 0 aliphatic rings. The smallest absolute Gasteiger partial charge is 0.123 e. The van der Waals surface area contributed by atoms with Crippen LogP contribution in [-0.2, 0) is 0 Å². The van der Waals surface area contributed by atoms with E-state index in [9.17, 15) is 0 Å². The Kier molecular flexibility index (Phi) is 1.62. The van der Waals surface area contributed by atoms with Gasteiger partial charge in [-0.05, 0) is 6.92 Å². The van der Waals surface area contributed by atoms with Crippen molar-refractivity contribution >= 4 is 16.7 Å². The number of fused-ring (bicyclic) bond motifs is 1. The van der Waals surface area contributed by atoms with Crippen LogP contribution in [0.4, 0.5) is 5.69 Å². The third kappa shape index (κ3) is 1.20. The van der Waals surface area contributed by atoms with Crippen LogP contribution in [-0.4, -0.2) is 17.1 Å². The quantitative estimate of drug-likeness (QED) is 0.648. The molecule has 0 bridgehead atoms. The van der Waals surface area contributed by atoms with Crippen LogP contribution in [0.25, 0.3) is 11.0 Å². The minimum atomic E-state index is 0.638. The number of nitrogens with one attached hydrogen (secondary N) is 1. The molecule has 4 heteroatoms. The number of methoxy groups -OCH3 is 1. The molecule has 0 aliphatic carbocycles. The number of aromatic amines is 1. The lowest BCUT2D eigenvalue weighted by Crippen LogP contribution is -1.89. The Balaban J connectivity index is 2.75. The lowest BCUT2D eigenvalue weighted by Gasteiger charge is -2.00. The lowest BCUT2D eigenvalue weighted by atomic mass is 10.2. The Morgan fingerprint density at radius 3 is 2.92 bits per heavy atom. The number of aryl methyl sites for hydroxylation is 1. The van der Waals surface area contributed by atoms with Gasteiger partial charge < -0.3 is 15.5 Å². The fraction of sp³-hybridized carbons (Fsp3) is 0.222. The fourth-order valence-corrected chi connectivity index (χ4v) is 1.36. The van der Waals surface area contributed by atoms with Gasteiger partial charge in [0.2, 0.25) is 0 Å². The number of ether oxygens (including phenoxy) is 1. The first kappa shape index (κ1) is 7.91. The molecular weight excluding hydrogens is 166 g/mol. The van der Waals surface area contributed by atoms with Crippen molar-refractivity contribution in [2.75, 3.05) is 12.8 Å². The minimum absolute atomic E-state index is 0.638. The summed E-state index contributed by atoms with van der Waals surface area (Å²) >= 11 is 0. The predicted molar refractivity (Wildman–Crippen MR) is 51.8 cm³/mol. The molecule has 1 aromatic heterocycles. The number of benzene rings is 1. The molecule has 0 saturated carbocycles. The number of nitrogen functional groups attached to an aromatic ring is 1. The average Bonchev–Trinajstić information content (AvgIpc) is 2.46. The molecule has 2 rings (SSSR count). The molecule has 0 aliphatic heterocycles. The van der Waals surface area contributed by atoms with E-state index in [-0.39, 0.29) is 0 Å². The van der Waals surface area contributed by atoms with Crippen LogP contribution in [0.15, 0.2) is 12.1 Å². The summed E-state index contributed by atoms with van der Waals surface area (Å²) in [6, 6.07) is 3.65. The van der Waals surface area contributed by atoms with Gasteiger partial charge in [-0.15, -0.1) is 0 Å². The molecule has 1 heterocycles. The number of hydrogen-bond donors (Lipinski definition) is 2. The third-order valence-corrected chi connectivity index (χ3v) is 1.94. The van der Waals surface area contributed by atoms with E-state index in [1.54, 1.807) is 13.2 Å². The van der Waals surface area contributed by atoms with E-state index in [2.05, 4.69) is 9.97 Å². The van der Waals surface area contributed by atoms with Gasteiger partial charge in [0.05, 0.1) is 18.3 Å². The van der Waals surface area contributed by atoms with E-state index in [0.29, 0.717) is 5.69 Å². The highest BCUT2D eigenvalue weighted by atomic mass is 16.5. The van der Waals surface area contributed by atoms with Crippen molar-refractivity contribution in [3.63, 3.8) is 0 Å². The average molecular weight is 177 g/mol. The van der Waals surface area contributed by atoms with Crippen molar-refractivity contribution in [3.05, 3.63) is 18.0 Å². The van der Waals surface area contributed by atoms with Gasteiger partial charge in [0.15, 0.2) is 0 Å². The van der Waals surface area contributed by atoms with Gasteiger partial charge >= 0.3 is 0 Å². The van der Waals surface area contributed by atoms with Gasteiger partial charge in [0, 0.05) is 12.1 Å². The second-order valence-electron chi connectivity index (χ2n) is 2.94. The summed E-state index contributed by atoms with van der Waals surface area (Å²) in [7, 11) is 1.61. The van der Waals surface area contributed by atoms with E-state index >= 15 is 0 Å². The van der Waals surface area contributed by atoms with Crippen LogP contribution < -0.4 is 10.5 Å². The summed E-state index contributed by atoms with van der Waals surface area (Å²) in [5.41, 5.74) is 8.14. The first-order chi connectivity index (χ1) is 6.20. The molecule has 0 fully saturated rings. The Hall–Kier alpha value is -1.71. The molecule has 0 saturated heterocycles. The van der Waals surface area contributed by atoms with Gasteiger partial charge in [-0.25, -0.2) is 4.98 Å². The van der Waals surface area contributed by atoms with Crippen molar-refractivity contribution in [2.24, 2.45) is 0 Å². The van der Waals surface area contributed by atoms with Crippen LogP contribution in [0.5, 0.6) is 5.75 Å². The molecular formula is C9H11N3O. The van der Waals surface area contributed by atoms with Gasteiger partial charge in [0.1, 0.15) is 17.1 Å². The third-order valence-electron chi connectivity index (χ3n) is 1.94. The van der Waals surface area contributed by atoms with Crippen molar-refractivity contribution in [1.29, 1.82) is 0 Å². The van der Waals surface area contributed by atoms with Gasteiger partial charge in [-0.1, -0.05) is 0 Å². The molecule has 13 heavy (non-hydrogen) atoms.